The molecule has 1 saturated carbocycles. The van der Waals surface area contributed by atoms with E-state index in [4.69, 9.17) is 0 Å². The summed E-state index contributed by atoms with van der Waals surface area (Å²) >= 11 is 0. The van der Waals surface area contributed by atoms with E-state index in [1.807, 2.05) is 0 Å². The maximum absolute atomic E-state index is 3.63. The first-order valence-corrected chi connectivity index (χ1v) is 6.62. The number of rotatable bonds is 3. The van der Waals surface area contributed by atoms with Gasteiger partial charge in [0, 0.05) is 6.04 Å². The van der Waals surface area contributed by atoms with Gasteiger partial charge in [-0.25, -0.2) is 0 Å². The minimum atomic E-state index is 0.873. The zero-order valence-electron chi connectivity index (χ0n) is 9.60. The Morgan fingerprint density at radius 1 is 1.00 bits per heavy atom. The summed E-state index contributed by atoms with van der Waals surface area (Å²) in [5.41, 5.74) is 0. The van der Waals surface area contributed by atoms with Crippen molar-refractivity contribution in [3.05, 3.63) is 0 Å². The van der Waals surface area contributed by atoms with Crippen LogP contribution in [0.25, 0.3) is 0 Å². The van der Waals surface area contributed by atoms with Gasteiger partial charge in [0.1, 0.15) is 0 Å². The summed E-state index contributed by atoms with van der Waals surface area (Å²) in [5, 5.41) is 3.63. The van der Waals surface area contributed by atoms with Crippen molar-refractivity contribution in [3.63, 3.8) is 0 Å². The summed E-state index contributed by atoms with van der Waals surface area (Å²) in [6.45, 7) is 3.62. The van der Waals surface area contributed by atoms with Gasteiger partial charge in [-0.05, 0) is 37.6 Å². The number of nitrogens with one attached hydrogen (secondary N) is 1. The average molecular weight is 195 g/mol. The molecule has 0 amide bonds. The minimum Gasteiger partial charge on any atom is -0.314 e. The van der Waals surface area contributed by atoms with Crippen molar-refractivity contribution in [1.29, 1.82) is 0 Å². The predicted molar refractivity (Wildman–Crippen MR) is 61.4 cm³/mol. The lowest BCUT2D eigenvalue weighted by molar-refractivity contribution is 0.243. The first-order valence-electron chi connectivity index (χ1n) is 6.62. The van der Waals surface area contributed by atoms with Crippen LogP contribution in [-0.2, 0) is 0 Å². The van der Waals surface area contributed by atoms with Crippen LogP contribution in [0.4, 0.5) is 0 Å². The predicted octanol–water partition coefficient (Wildman–Crippen LogP) is 3.34. The third-order valence-electron chi connectivity index (χ3n) is 4.32. The molecular weight excluding hydrogens is 170 g/mol. The van der Waals surface area contributed by atoms with Gasteiger partial charge >= 0.3 is 0 Å². The Morgan fingerprint density at radius 3 is 2.29 bits per heavy atom. The molecule has 1 heteroatoms. The van der Waals surface area contributed by atoms with Crippen molar-refractivity contribution in [2.75, 3.05) is 6.54 Å². The van der Waals surface area contributed by atoms with Crippen molar-refractivity contribution >= 4 is 0 Å². The summed E-state index contributed by atoms with van der Waals surface area (Å²) in [5.74, 6) is 2.11. The molecule has 0 aromatic carbocycles. The summed E-state index contributed by atoms with van der Waals surface area (Å²) in [4.78, 5) is 0. The molecular formula is C13H25N. The molecule has 0 aromatic rings. The molecule has 1 N–H and O–H groups in total. The molecule has 2 aliphatic rings. The van der Waals surface area contributed by atoms with E-state index in [9.17, 15) is 0 Å². The van der Waals surface area contributed by atoms with E-state index in [2.05, 4.69) is 12.2 Å². The molecule has 1 aliphatic heterocycles. The van der Waals surface area contributed by atoms with E-state index in [0.717, 1.165) is 17.9 Å². The van der Waals surface area contributed by atoms with Gasteiger partial charge < -0.3 is 5.32 Å². The second-order valence-corrected chi connectivity index (χ2v) is 5.32. The molecule has 1 saturated heterocycles. The third-order valence-corrected chi connectivity index (χ3v) is 4.32. The van der Waals surface area contributed by atoms with Crippen LogP contribution in [0.1, 0.15) is 58.3 Å². The van der Waals surface area contributed by atoms with Gasteiger partial charge in [0.15, 0.2) is 0 Å². The van der Waals surface area contributed by atoms with Gasteiger partial charge in [0.25, 0.3) is 0 Å². The molecule has 82 valence electrons. The van der Waals surface area contributed by atoms with E-state index in [0.29, 0.717) is 0 Å². The van der Waals surface area contributed by atoms with Gasteiger partial charge in [0.05, 0.1) is 0 Å². The van der Waals surface area contributed by atoms with Gasteiger partial charge in [-0.1, -0.05) is 39.0 Å². The lowest BCUT2D eigenvalue weighted by Gasteiger charge is -2.29. The highest BCUT2D eigenvalue weighted by molar-refractivity contribution is 4.80. The standard InChI is InChI=1S/C13H25N/c1-2-11-5-7-12(8-6-11)10-13-4-3-9-14-13/h11-14H,2-10H2,1H3. The Hall–Kier alpha value is -0.0400. The summed E-state index contributed by atoms with van der Waals surface area (Å²) in [7, 11) is 0. The zero-order valence-corrected chi connectivity index (χ0v) is 9.60. The monoisotopic (exact) mass is 195 g/mol. The highest BCUT2D eigenvalue weighted by Crippen LogP contribution is 2.33. The maximum atomic E-state index is 3.63. The topological polar surface area (TPSA) is 12.0 Å². The summed E-state index contributed by atoms with van der Waals surface area (Å²) < 4.78 is 0. The fourth-order valence-corrected chi connectivity index (χ4v) is 3.24. The third kappa shape index (κ3) is 2.73. The van der Waals surface area contributed by atoms with Gasteiger partial charge in [-0.3, -0.25) is 0 Å². The first-order chi connectivity index (χ1) is 6.88. The molecule has 2 rings (SSSR count). The van der Waals surface area contributed by atoms with E-state index >= 15 is 0 Å². The van der Waals surface area contributed by atoms with Crippen molar-refractivity contribution in [3.8, 4) is 0 Å². The van der Waals surface area contributed by atoms with Gasteiger partial charge in [-0.2, -0.15) is 0 Å². The van der Waals surface area contributed by atoms with Crippen LogP contribution in [0.3, 0.4) is 0 Å². The summed E-state index contributed by atoms with van der Waals surface area (Å²) in [6.07, 6.45) is 11.8. The second kappa shape index (κ2) is 5.16. The highest BCUT2D eigenvalue weighted by Gasteiger charge is 2.24. The zero-order chi connectivity index (χ0) is 9.80. The van der Waals surface area contributed by atoms with E-state index in [-0.39, 0.29) is 0 Å². The quantitative estimate of drug-likeness (QED) is 0.728. The molecule has 1 aliphatic carbocycles. The lowest BCUT2D eigenvalue weighted by atomic mass is 9.78. The van der Waals surface area contributed by atoms with Crippen molar-refractivity contribution < 1.29 is 0 Å². The molecule has 1 nitrogen and oxygen atoms in total. The van der Waals surface area contributed by atoms with E-state index < -0.39 is 0 Å². The Labute approximate surface area is 88.7 Å². The van der Waals surface area contributed by atoms with Crippen molar-refractivity contribution in [2.24, 2.45) is 11.8 Å². The molecule has 1 unspecified atom stereocenters. The Morgan fingerprint density at radius 2 is 1.71 bits per heavy atom. The molecule has 1 heterocycles. The van der Waals surface area contributed by atoms with Crippen LogP contribution in [0.2, 0.25) is 0 Å². The molecule has 0 aromatic heterocycles. The molecule has 2 fully saturated rings. The molecule has 14 heavy (non-hydrogen) atoms. The first kappa shape index (κ1) is 10.5. The normalized spacial score (nSPS) is 38.8. The van der Waals surface area contributed by atoms with Crippen LogP contribution in [0, 0.1) is 11.8 Å². The number of hydrogen-bond donors (Lipinski definition) is 1. The fraction of sp³-hybridized carbons (Fsp3) is 1.00. The highest BCUT2D eigenvalue weighted by atomic mass is 14.9. The van der Waals surface area contributed by atoms with Gasteiger partial charge in [-0.15, -0.1) is 0 Å². The van der Waals surface area contributed by atoms with Crippen LogP contribution in [0.5, 0.6) is 0 Å². The Balaban J connectivity index is 1.67. The molecule has 1 atom stereocenters. The smallest absolute Gasteiger partial charge is 0.00701 e. The fourth-order valence-electron chi connectivity index (χ4n) is 3.24. The van der Waals surface area contributed by atoms with Crippen LogP contribution in [0.15, 0.2) is 0 Å². The van der Waals surface area contributed by atoms with Crippen LogP contribution >= 0.6 is 0 Å². The molecule has 0 radical (unpaired) electrons. The van der Waals surface area contributed by atoms with Crippen molar-refractivity contribution in [1.82, 2.24) is 5.32 Å². The SMILES string of the molecule is CCC1CCC(CC2CCCN2)CC1. The summed E-state index contributed by atoms with van der Waals surface area (Å²) in [6, 6.07) is 0.873. The maximum Gasteiger partial charge on any atom is 0.00701 e. The average Bonchev–Trinajstić information content (AvgIpc) is 2.72. The molecule has 0 bridgehead atoms. The minimum absolute atomic E-state index is 0.873. The number of hydrogen-bond acceptors (Lipinski definition) is 1. The largest absolute Gasteiger partial charge is 0.314 e. The second-order valence-electron chi connectivity index (χ2n) is 5.32. The van der Waals surface area contributed by atoms with E-state index in [1.54, 1.807) is 0 Å². The Kier molecular flexibility index (Phi) is 3.86. The Bertz CT molecular complexity index is 153. The van der Waals surface area contributed by atoms with E-state index in [1.165, 1.54) is 57.9 Å². The van der Waals surface area contributed by atoms with Crippen LogP contribution < -0.4 is 5.32 Å². The lowest BCUT2D eigenvalue weighted by Crippen LogP contribution is -2.26. The van der Waals surface area contributed by atoms with Crippen LogP contribution in [-0.4, -0.2) is 12.6 Å². The van der Waals surface area contributed by atoms with Gasteiger partial charge in [0.2, 0.25) is 0 Å². The molecule has 0 spiro atoms. The van der Waals surface area contributed by atoms with Crippen molar-refractivity contribution in [2.45, 2.75) is 64.3 Å².